The summed E-state index contributed by atoms with van der Waals surface area (Å²) >= 11 is 0. The van der Waals surface area contributed by atoms with E-state index in [0.717, 1.165) is 10.9 Å². The first-order chi connectivity index (χ1) is 9.22. The summed E-state index contributed by atoms with van der Waals surface area (Å²) in [5.41, 5.74) is 1.86. The van der Waals surface area contributed by atoms with Crippen LogP contribution < -0.4 is 5.63 Å². The van der Waals surface area contributed by atoms with E-state index in [1.54, 1.807) is 30.3 Å². The van der Waals surface area contributed by atoms with Crippen molar-refractivity contribution in [2.24, 2.45) is 0 Å². The molecular weight excluding hydrogens is 240 g/mol. The summed E-state index contributed by atoms with van der Waals surface area (Å²) in [4.78, 5) is 11.9. The number of benzene rings is 2. The Bertz CT molecular complexity index is 770. The molecule has 2 aromatic carbocycles. The maximum atomic E-state index is 11.9. The van der Waals surface area contributed by atoms with E-state index in [1.807, 2.05) is 24.3 Å². The van der Waals surface area contributed by atoms with E-state index in [2.05, 4.69) is 0 Å². The molecule has 3 heteroatoms. The number of phenolic OH excluding ortho intramolecular Hbond substituents is 1. The molecule has 0 amide bonds. The van der Waals surface area contributed by atoms with Crippen LogP contribution in [0.25, 0.3) is 11.0 Å². The summed E-state index contributed by atoms with van der Waals surface area (Å²) in [5, 5.41) is 10.2. The van der Waals surface area contributed by atoms with Crippen LogP contribution in [0.5, 0.6) is 5.75 Å². The lowest BCUT2D eigenvalue weighted by Crippen LogP contribution is -2.07. The molecule has 3 rings (SSSR count). The molecule has 0 atom stereocenters. The third kappa shape index (κ3) is 2.36. The topological polar surface area (TPSA) is 50.4 Å². The number of hydrogen-bond acceptors (Lipinski definition) is 3. The number of phenols is 1. The highest BCUT2D eigenvalue weighted by Gasteiger charge is 2.06. The van der Waals surface area contributed by atoms with Gasteiger partial charge in [0.2, 0.25) is 0 Å². The van der Waals surface area contributed by atoms with Gasteiger partial charge in [-0.1, -0.05) is 30.3 Å². The van der Waals surface area contributed by atoms with Gasteiger partial charge in [0.05, 0.1) is 0 Å². The second kappa shape index (κ2) is 4.61. The van der Waals surface area contributed by atoms with Crippen molar-refractivity contribution in [3.63, 3.8) is 0 Å². The van der Waals surface area contributed by atoms with Gasteiger partial charge in [-0.3, -0.25) is 0 Å². The molecule has 1 N–H and O–H groups in total. The highest BCUT2D eigenvalue weighted by molar-refractivity contribution is 5.76. The lowest BCUT2D eigenvalue weighted by molar-refractivity contribution is 0.475. The second-order valence-corrected chi connectivity index (χ2v) is 4.44. The van der Waals surface area contributed by atoms with Gasteiger partial charge in [-0.05, 0) is 29.8 Å². The molecule has 0 aliphatic carbocycles. The molecule has 0 saturated heterocycles. The normalized spacial score (nSPS) is 10.7. The Labute approximate surface area is 109 Å². The largest absolute Gasteiger partial charge is 0.508 e. The van der Waals surface area contributed by atoms with Gasteiger partial charge in [-0.2, -0.15) is 0 Å². The van der Waals surface area contributed by atoms with Crippen LogP contribution in [0.1, 0.15) is 11.1 Å². The van der Waals surface area contributed by atoms with Crippen LogP contribution in [-0.2, 0) is 6.42 Å². The molecule has 0 aliphatic heterocycles. The molecule has 19 heavy (non-hydrogen) atoms. The van der Waals surface area contributed by atoms with Gasteiger partial charge in [-0.25, -0.2) is 4.79 Å². The standard InChI is InChI=1S/C16H12O3/c17-14-7-5-11(6-8-14)9-13-10-12-3-1-2-4-15(12)19-16(13)18/h1-8,10,17H,9H2. The van der Waals surface area contributed by atoms with Crippen molar-refractivity contribution in [3.8, 4) is 5.75 Å². The lowest BCUT2D eigenvalue weighted by atomic mass is 10.1. The quantitative estimate of drug-likeness (QED) is 0.713. The van der Waals surface area contributed by atoms with Crippen LogP contribution in [0.4, 0.5) is 0 Å². The molecule has 0 spiro atoms. The predicted molar refractivity (Wildman–Crippen MR) is 73.4 cm³/mol. The Morgan fingerprint density at radius 2 is 1.74 bits per heavy atom. The van der Waals surface area contributed by atoms with E-state index in [9.17, 15) is 9.90 Å². The summed E-state index contributed by atoms with van der Waals surface area (Å²) in [6.07, 6.45) is 0.493. The summed E-state index contributed by atoms with van der Waals surface area (Å²) < 4.78 is 5.28. The van der Waals surface area contributed by atoms with Crippen molar-refractivity contribution in [2.45, 2.75) is 6.42 Å². The van der Waals surface area contributed by atoms with Crippen LogP contribution in [0.3, 0.4) is 0 Å². The van der Waals surface area contributed by atoms with E-state index in [1.165, 1.54) is 0 Å². The van der Waals surface area contributed by atoms with Gasteiger partial charge >= 0.3 is 5.63 Å². The number of para-hydroxylation sites is 1. The maximum Gasteiger partial charge on any atom is 0.339 e. The minimum atomic E-state index is -0.313. The highest BCUT2D eigenvalue weighted by atomic mass is 16.4. The number of aromatic hydroxyl groups is 1. The van der Waals surface area contributed by atoms with Gasteiger partial charge in [0.1, 0.15) is 11.3 Å². The van der Waals surface area contributed by atoms with E-state index < -0.39 is 0 Å². The summed E-state index contributed by atoms with van der Waals surface area (Å²) in [7, 11) is 0. The molecule has 0 unspecified atom stereocenters. The fraction of sp³-hybridized carbons (Fsp3) is 0.0625. The van der Waals surface area contributed by atoms with E-state index in [-0.39, 0.29) is 11.4 Å². The SMILES string of the molecule is O=c1oc2ccccc2cc1Cc1ccc(O)cc1. The molecule has 0 fully saturated rings. The monoisotopic (exact) mass is 252 g/mol. The molecular formula is C16H12O3. The van der Waals surface area contributed by atoms with Crippen molar-refractivity contribution in [1.82, 2.24) is 0 Å². The zero-order chi connectivity index (χ0) is 13.2. The second-order valence-electron chi connectivity index (χ2n) is 4.44. The molecule has 94 valence electrons. The average molecular weight is 252 g/mol. The first-order valence-corrected chi connectivity index (χ1v) is 6.02. The Balaban J connectivity index is 2.03. The van der Waals surface area contributed by atoms with Gasteiger partial charge in [0, 0.05) is 17.4 Å². The Morgan fingerprint density at radius 1 is 1.00 bits per heavy atom. The highest BCUT2D eigenvalue weighted by Crippen LogP contribution is 2.16. The minimum absolute atomic E-state index is 0.217. The van der Waals surface area contributed by atoms with E-state index >= 15 is 0 Å². The average Bonchev–Trinajstić information content (AvgIpc) is 2.42. The van der Waals surface area contributed by atoms with Crippen molar-refractivity contribution < 1.29 is 9.52 Å². The van der Waals surface area contributed by atoms with Gasteiger partial charge in [0.15, 0.2) is 0 Å². The van der Waals surface area contributed by atoms with Crippen molar-refractivity contribution in [2.75, 3.05) is 0 Å². The molecule has 0 aliphatic rings. The van der Waals surface area contributed by atoms with Gasteiger partial charge in [0.25, 0.3) is 0 Å². The summed E-state index contributed by atoms with van der Waals surface area (Å²) in [5.74, 6) is 0.217. The zero-order valence-electron chi connectivity index (χ0n) is 10.2. The number of rotatable bonds is 2. The first kappa shape index (κ1) is 11.5. The van der Waals surface area contributed by atoms with Crippen LogP contribution >= 0.6 is 0 Å². The molecule has 1 heterocycles. The van der Waals surface area contributed by atoms with E-state index in [0.29, 0.717) is 17.6 Å². The Morgan fingerprint density at radius 3 is 2.53 bits per heavy atom. The molecule has 0 bridgehead atoms. The fourth-order valence-corrected chi connectivity index (χ4v) is 2.06. The van der Waals surface area contributed by atoms with Crippen LogP contribution in [0, 0.1) is 0 Å². The van der Waals surface area contributed by atoms with E-state index in [4.69, 9.17) is 4.42 Å². The van der Waals surface area contributed by atoms with Crippen LogP contribution in [-0.4, -0.2) is 5.11 Å². The maximum absolute atomic E-state index is 11.9. The molecule has 3 nitrogen and oxygen atoms in total. The Hall–Kier alpha value is -2.55. The number of hydrogen-bond donors (Lipinski definition) is 1. The predicted octanol–water partition coefficient (Wildman–Crippen LogP) is 3.09. The third-order valence-electron chi connectivity index (χ3n) is 3.04. The summed E-state index contributed by atoms with van der Waals surface area (Å²) in [6, 6.07) is 16.1. The first-order valence-electron chi connectivity index (χ1n) is 6.02. The molecule has 0 saturated carbocycles. The van der Waals surface area contributed by atoms with Gasteiger partial charge in [-0.15, -0.1) is 0 Å². The van der Waals surface area contributed by atoms with Crippen LogP contribution in [0.15, 0.2) is 63.8 Å². The molecule has 3 aromatic rings. The summed E-state index contributed by atoms with van der Waals surface area (Å²) in [6.45, 7) is 0. The van der Waals surface area contributed by atoms with Gasteiger partial charge < -0.3 is 9.52 Å². The fourth-order valence-electron chi connectivity index (χ4n) is 2.06. The van der Waals surface area contributed by atoms with Crippen molar-refractivity contribution in [1.29, 1.82) is 0 Å². The Kier molecular flexibility index (Phi) is 2.80. The third-order valence-corrected chi connectivity index (χ3v) is 3.04. The molecule has 0 radical (unpaired) electrons. The van der Waals surface area contributed by atoms with Crippen LogP contribution in [0.2, 0.25) is 0 Å². The smallest absolute Gasteiger partial charge is 0.339 e. The lowest BCUT2D eigenvalue weighted by Gasteiger charge is -2.03. The number of fused-ring (bicyclic) bond motifs is 1. The van der Waals surface area contributed by atoms with Crippen molar-refractivity contribution >= 4 is 11.0 Å². The minimum Gasteiger partial charge on any atom is -0.508 e. The zero-order valence-corrected chi connectivity index (χ0v) is 10.2. The molecule has 1 aromatic heterocycles. The van der Waals surface area contributed by atoms with Crippen molar-refractivity contribution in [3.05, 3.63) is 76.1 Å².